The molecule has 0 aliphatic carbocycles. The first-order valence-corrected chi connectivity index (χ1v) is 11.1. The van der Waals surface area contributed by atoms with E-state index in [0.29, 0.717) is 23.6 Å². The highest BCUT2D eigenvalue weighted by atomic mass is 16.5. The van der Waals surface area contributed by atoms with Crippen molar-refractivity contribution in [1.82, 2.24) is 0 Å². The smallest absolute Gasteiger partial charge is 0.339 e. The number of rotatable bonds is 12. The highest BCUT2D eigenvalue weighted by Gasteiger charge is 2.17. The summed E-state index contributed by atoms with van der Waals surface area (Å²) in [5.41, 5.74) is 2.86. The SMILES string of the molecule is CCCC(CC(/C=C/CC(=O)Nc1c(C)cccc1C(=O)OC)CC=O)c1ccccc1. The van der Waals surface area contributed by atoms with Crippen LogP contribution in [0.2, 0.25) is 0 Å². The Morgan fingerprint density at radius 3 is 2.50 bits per heavy atom. The van der Waals surface area contributed by atoms with Gasteiger partial charge in [-0.25, -0.2) is 4.79 Å². The first-order chi connectivity index (χ1) is 15.5. The lowest BCUT2D eigenvalue weighted by atomic mass is 9.84. The predicted molar refractivity (Wildman–Crippen MR) is 128 cm³/mol. The van der Waals surface area contributed by atoms with Crippen LogP contribution >= 0.6 is 0 Å². The standard InChI is InChI=1S/C27H33NO4/c1-4-10-23(22-13-6-5-7-14-22)19-21(17-18-29)12-9-16-25(30)28-26-20(2)11-8-15-24(26)27(31)32-3/h5-9,11-15,18,21,23H,4,10,16-17,19H2,1-3H3,(H,28,30)/b12-9+. The Morgan fingerprint density at radius 2 is 1.84 bits per heavy atom. The molecule has 2 rings (SSSR count). The van der Waals surface area contributed by atoms with Crippen molar-refractivity contribution in [3.05, 3.63) is 77.4 Å². The van der Waals surface area contributed by atoms with Gasteiger partial charge in [0, 0.05) is 12.8 Å². The van der Waals surface area contributed by atoms with Crippen molar-refractivity contribution in [3.63, 3.8) is 0 Å². The molecule has 0 saturated heterocycles. The topological polar surface area (TPSA) is 72.5 Å². The second kappa shape index (κ2) is 13.3. The van der Waals surface area contributed by atoms with E-state index < -0.39 is 5.97 Å². The zero-order valence-electron chi connectivity index (χ0n) is 19.2. The van der Waals surface area contributed by atoms with Crippen molar-refractivity contribution in [3.8, 4) is 0 Å². The van der Waals surface area contributed by atoms with Crippen LogP contribution in [0.4, 0.5) is 5.69 Å². The minimum Gasteiger partial charge on any atom is -0.465 e. The summed E-state index contributed by atoms with van der Waals surface area (Å²) in [5.74, 6) is -0.271. The van der Waals surface area contributed by atoms with Crippen LogP contribution in [-0.4, -0.2) is 25.3 Å². The van der Waals surface area contributed by atoms with Gasteiger partial charge in [-0.2, -0.15) is 0 Å². The number of para-hydroxylation sites is 1. The molecule has 0 aliphatic heterocycles. The fraction of sp³-hybridized carbons (Fsp3) is 0.370. The zero-order chi connectivity index (χ0) is 23.3. The molecule has 0 aromatic heterocycles. The average molecular weight is 436 g/mol. The number of amides is 1. The Morgan fingerprint density at radius 1 is 1.09 bits per heavy atom. The zero-order valence-corrected chi connectivity index (χ0v) is 19.2. The van der Waals surface area contributed by atoms with Gasteiger partial charge in [-0.3, -0.25) is 4.79 Å². The van der Waals surface area contributed by atoms with Crippen LogP contribution in [0.5, 0.6) is 0 Å². The third-order valence-electron chi connectivity index (χ3n) is 5.55. The number of carbonyl (C=O) groups excluding carboxylic acids is 3. The van der Waals surface area contributed by atoms with Gasteiger partial charge in [0.15, 0.2) is 0 Å². The van der Waals surface area contributed by atoms with Crippen molar-refractivity contribution in [1.29, 1.82) is 0 Å². The van der Waals surface area contributed by atoms with Gasteiger partial charge in [-0.15, -0.1) is 0 Å². The quantitative estimate of drug-likeness (QED) is 0.258. The summed E-state index contributed by atoms with van der Waals surface area (Å²) in [6.07, 6.45) is 8.30. The number of ether oxygens (including phenoxy) is 1. The van der Waals surface area contributed by atoms with Crippen molar-refractivity contribution >= 4 is 23.9 Å². The molecule has 0 radical (unpaired) electrons. The van der Waals surface area contributed by atoms with Crippen LogP contribution in [0, 0.1) is 12.8 Å². The summed E-state index contributed by atoms with van der Waals surface area (Å²) in [5, 5.41) is 2.83. The van der Waals surface area contributed by atoms with Crippen LogP contribution in [0.25, 0.3) is 0 Å². The van der Waals surface area contributed by atoms with Crippen LogP contribution in [0.15, 0.2) is 60.7 Å². The maximum Gasteiger partial charge on any atom is 0.339 e. The minimum atomic E-state index is -0.492. The summed E-state index contributed by atoms with van der Waals surface area (Å²) in [6.45, 7) is 3.99. The molecule has 2 unspecified atom stereocenters. The molecule has 0 aliphatic rings. The van der Waals surface area contributed by atoms with E-state index in [-0.39, 0.29) is 18.2 Å². The Hall–Kier alpha value is -3.21. The van der Waals surface area contributed by atoms with E-state index in [0.717, 1.165) is 31.1 Å². The van der Waals surface area contributed by atoms with Gasteiger partial charge >= 0.3 is 5.97 Å². The molecule has 170 valence electrons. The van der Waals surface area contributed by atoms with E-state index in [2.05, 4.69) is 24.4 Å². The van der Waals surface area contributed by atoms with E-state index in [1.807, 2.05) is 43.3 Å². The maximum atomic E-state index is 12.5. The Labute approximate surface area is 190 Å². The average Bonchev–Trinajstić information content (AvgIpc) is 2.80. The Kier molecular flexibility index (Phi) is 10.4. The van der Waals surface area contributed by atoms with E-state index in [1.165, 1.54) is 12.7 Å². The number of allylic oxidation sites excluding steroid dienone is 1. The van der Waals surface area contributed by atoms with Crippen LogP contribution < -0.4 is 5.32 Å². The summed E-state index contributed by atoms with van der Waals surface area (Å²) in [6, 6.07) is 15.6. The third kappa shape index (κ3) is 7.49. The number of hydrogen-bond acceptors (Lipinski definition) is 4. The number of esters is 1. The third-order valence-corrected chi connectivity index (χ3v) is 5.55. The summed E-state index contributed by atoms with van der Waals surface area (Å²) in [7, 11) is 1.31. The van der Waals surface area contributed by atoms with Crippen LogP contribution in [0.1, 0.15) is 66.4 Å². The number of aldehydes is 1. The first-order valence-electron chi connectivity index (χ1n) is 11.1. The Bertz CT molecular complexity index is 921. The fourth-order valence-corrected chi connectivity index (χ4v) is 3.91. The van der Waals surface area contributed by atoms with Crippen molar-refractivity contribution in [2.45, 2.75) is 51.9 Å². The molecule has 2 atom stereocenters. The van der Waals surface area contributed by atoms with Gasteiger partial charge in [0.05, 0.1) is 18.4 Å². The molecule has 1 amide bonds. The molecule has 1 N–H and O–H groups in total. The molecule has 0 fully saturated rings. The molecule has 2 aromatic rings. The number of anilines is 1. The van der Waals surface area contributed by atoms with Gasteiger partial charge in [0.1, 0.15) is 6.29 Å². The molecule has 0 heterocycles. The molecule has 5 heteroatoms. The largest absolute Gasteiger partial charge is 0.465 e. The molecular weight excluding hydrogens is 402 g/mol. The first kappa shape index (κ1) is 25.1. The lowest BCUT2D eigenvalue weighted by molar-refractivity contribution is -0.115. The van der Waals surface area contributed by atoms with Gasteiger partial charge in [-0.1, -0.05) is 68.0 Å². The molecule has 5 nitrogen and oxygen atoms in total. The lowest BCUT2D eigenvalue weighted by Crippen LogP contribution is -2.15. The Balaban J connectivity index is 2.04. The van der Waals surface area contributed by atoms with Crippen molar-refractivity contribution in [2.24, 2.45) is 5.92 Å². The van der Waals surface area contributed by atoms with Gasteiger partial charge in [0.2, 0.25) is 5.91 Å². The number of benzene rings is 2. The van der Waals surface area contributed by atoms with Crippen molar-refractivity contribution < 1.29 is 19.1 Å². The second-order valence-electron chi connectivity index (χ2n) is 7.96. The van der Waals surface area contributed by atoms with E-state index in [9.17, 15) is 14.4 Å². The molecule has 0 bridgehead atoms. The van der Waals surface area contributed by atoms with E-state index >= 15 is 0 Å². The van der Waals surface area contributed by atoms with Gasteiger partial charge < -0.3 is 14.8 Å². The number of methoxy groups -OCH3 is 1. The number of nitrogens with one attached hydrogen (secondary N) is 1. The monoisotopic (exact) mass is 435 g/mol. The second-order valence-corrected chi connectivity index (χ2v) is 7.96. The molecule has 0 saturated carbocycles. The lowest BCUT2D eigenvalue weighted by Gasteiger charge is -2.20. The van der Waals surface area contributed by atoms with Gasteiger partial charge in [-0.05, 0) is 48.8 Å². The molecule has 0 spiro atoms. The van der Waals surface area contributed by atoms with Crippen molar-refractivity contribution in [2.75, 3.05) is 12.4 Å². The van der Waals surface area contributed by atoms with E-state index in [4.69, 9.17) is 4.74 Å². The van der Waals surface area contributed by atoms with E-state index in [1.54, 1.807) is 12.1 Å². The highest BCUT2D eigenvalue weighted by molar-refractivity contribution is 6.02. The van der Waals surface area contributed by atoms with Crippen LogP contribution in [-0.2, 0) is 14.3 Å². The minimum absolute atomic E-state index is 0.0705. The summed E-state index contributed by atoms with van der Waals surface area (Å²) >= 11 is 0. The number of carbonyl (C=O) groups is 3. The summed E-state index contributed by atoms with van der Waals surface area (Å²) in [4.78, 5) is 35.8. The normalized spacial score (nSPS) is 12.8. The molecule has 2 aromatic carbocycles. The van der Waals surface area contributed by atoms with Crippen LogP contribution in [0.3, 0.4) is 0 Å². The maximum absolute atomic E-state index is 12.5. The highest BCUT2D eigenvalue weighted by Crippen LogP contribution is 2.30. The fourth-order valence-electron chi connectivity index (χ4n) is 3.91. The molecular formula is C27H33NO4. The molecule has 32 heavy (non-hydrogen) atoms. The number of aryl methyl sites for hydroxylation is 1. The summed E-state index contributed by atoms with van der Waals surface area (Å²) < 4.78 is 4.81. The van der Waals surface area contributed by atoms with Gasteiger partial charge in [0.25, 0.3) is 0 Å². The number of hydrogen-bond donors (Lipinski definition) is 1. The predicted octanol–water partition coefficient (Wildman–Crippen LogP) is 5.85.